The number of para-hydroxylation sites is 1. The molecule has 0 aromatic heterocycles. The highest BCUT2D eigenvalue weighted by Crippen LogP contribution is 2.35. The molecule has 1 aliphatic heterocycles. The number of carbonyl (C=O) groups is 1. The first-order valence-corrected chi connectivity index (χ1v) is 13.7. The molecule has 1 aliphatic rings. The van der Waals surface area contributed by atoms with Crippen LogP contribution in [0.2, 0.25) is 10.0 Å². The quantitative estimate of drug-likeness (QED) is 0.232. The molecule has 0 bridgehead atoms. The molecule has 1 heterocycles. The van der Waals surface area contributed by atoms with Crippen molar-refractivity contribution in [2.24, 2.45) is 0 Å². The first kappa shape index (κ1) is 25.7. The van der Waals surface area contributed by atoms with Crippen LogP contribution in [0.5, 0.6) is 5.75 Å². The van der Waals surface area contributed by atoms with Crippen molar-refractivity contribution in [1.82, 2.24) is 10.9 Å². The predicted molar refractivity (Wildman–Crippen MR) is 149 cm³/mol. The molecule has 0 unspecified atom stereocenters. The number of nitrogens with one attached hydrogen (secondary N) is 3. The molecule has 4 aromatic rings. The van der Waals surface area contributed by atoms with E-state index in [4.69, 9.17) is 27.9 Å². The SMILES string of the molecule is O=C(NNC1=C[C@H](c2ccccc2)Oc2ccccc21)c1ccc(Cl)c(S(=O)(=O)Nc2ccc(Cl)cc2)c1. The Kier molecular flexibility index (Phi) is 7.28. The third-order valence-electron chi connectivity index (χ3n) is 5.77. The number of hydrogen-bond acceptors (Lipinski definition) is 5. The Morgan fingerprint density at radius 1 is 0.842 bits per heavy atom. The zero-order chi connectivity index (χ0) is 26.7. The molecule has 0 fully saturated rings. The van der Waals surface area contributed by atoms with Gasteiger partial charge in [0.2, 0.25) is 0 Å². The maximum Gasteiger partial charge on any atom is 0.269 e. The van der Waals surface area contributed by atoms with Crippen LogP contribution in [0.3, 0.4) is 0 Å². The number of hydrazine groups is 1. The Morgan fingerprint density at radius 3 is 2.32 bits per heavy atom. The van der Waals surface area contributed by atoms with Crippen LogP contribution in [-0.4, -0.2) is 14.3 Å². The van der Waals surface area contributed by atoms with Crippen LogP contribution in [0.4, 0.5) is 5.69 Å². The van der Waals surface area contributed by atoms with E-state index in [1.54, 1.807) is 12.1 Å². The minimum absolute atomic E-state index is 0.0252. The van der Waals surface area contributed by atoms with Crippen LogP contribution < -0.4 is 20.3 Å². The van der Waals surface area contributed by atoms with Gasteiger partial charge >= 0.3 is 0 Å². The van der Waals surface area contributed by atoms with Crippen molar-refractivity contribution >= 4 is 50.5 Å². The van der Waals surface area contributed by atoms with Gasteiger partial charge in [0.15, 0.2) is 0 Å². The lowest BCUT2D eigenvalue weighted by Crippen LogP contribution is -2.37. The van der Waals surface area contributed by atoms with E-state index in [0.29, 0.717) is 22.2 Å². The van der Waals surface area contributed by atoms with Gasteiger partial charge in [0, 0.05) is 21.8 Å². The normalized spacial score (nSPS) is 14.5. The van der Waals surface area contributed by atoms with Gasteiger partial charge in [-0.25, -0.2) is 8.42 Å². The second-order valence-corrected chi connectivity index (χ2v) is 10.9. The van der Waals surface area contributed by atoms with Crippen LogP contribution in [0, 0.1) is 0 Å². The number of ether oxygens (including phenoxy) is 1. The number of carbonyl (C=O) groups excluding carboxylic acids is 1. The van der Waals surface area contributed by atoms with Gasteiger partial charge in [-0.1, -0.05) is 65.7 Å². The standard InChI is InChI=1S/C28H21Cl2N3O4S/c29-20-11-13-21(14-12-20)33-38(35,36)27-16-19(10-15-23(27)30)28(34)32-31-24-17-26(18-6-2-1-3-7-18)37-25-9-5-4-8-22(24)25/h1-17,26,31,33H,(H,32,34)/t26-/m1/s1. The molecule has 192 valence electrons. The lowest BCUT2D eigenvalue weighted by molar-refractivity contribution is 0.0941. The number of rotatable bonds is 7. The fraction of sp³-hybridized carbons (Fsp3) is 0.0357. The molecule has 1 amide bonds. The van der Waals surface area contributed by atoms with Gasteiger partial charge in [-0.05, 0) is 66.2 Å². The average molecular weight is 566 g/mol. The molecule has 3 N–H and O–H groups in total. The van der Waals surface area contributed by atoms with Gasteiger partial charge in [0.1, 0.15) is 16.7 Å². The van der Waals surface area contributed by atoms with Crippen LogP contribution in [0.15, 0.2) is 108 Å². The minimum Gasteiger partial charge on any atom is -0.481 e. The first-order valence-electron chi connectivity index (χ1n) is 11.5. The smallest absolute Gasteiger partial charge is 0.269 e. The van der Waals surface area contributed by atoms with Gasteiger partial charge < -0.3 is 4.74 Å². The van der Waals surface area contributed by atoms with E-state index >= 15 is 0 Å². The first-order chi connectivity index (χ1) is 18.3. The molecule has 7 nitrogen and oxygen atoms in total. The van der Waals surface area contributed by atoms with E-state index < -0.39 is 15.9 Å². The van der Waals surface area contributed by atoms with Crippen LogP contribution in [0.25, 0.3) is 5.70 Å². The van der Waals surface area contributed by atoms with Crippen molar-refractivity contribution in [1.29, 1.82) is 0 Å². The zero-order valence-electron chi connectivity index (χ0n) is 19.7. The van der Waals surface area contributed by atoms with Gasteiger partial charge in [0.25, 0.3) is 15.9 Å². The molecule has 4 aromatic carbocycles. The number of anilines is 1. The van der Waals surface area contributed by atoms with E-state index in [2.05, 4.69) is 15.6 Å². The molecule has 10 heteroatoms. The maximum atomic E-state index is 13.0. The second-order valence-electron chi connectivity index (χ2n) is 8.36. The molecule has 0 spiro atoms. The number of fused-ring (bicyclic) bond motifs is 1. The summed E-state index contributed by atoms with van der Waals surface area (Å²) in [5.74, 6) is 0.111. The Morgan fingerprint density at radius 2 is 1.55 bits per heavy atom. The number of halogens is 2. The number of benzene rings is 4. The fourth-order valence-electron chi connectivity index (χ4n) is 3.89. The van der Waals surface area contributed by atoms with Gasteiger partial charge in [0.05, 0.1) is 10.7 Å². The molecule has 0 aliphatic carbocycles. The summed E-state index contributed by atoms with van der Waals surface area (Å²) in [6.07, 6.45) is 1.50. The van der Waals surface area contributed by atoms with Crippen LogP contribution in [-0.2, 0) is 10.0 Å². The lowest BCUT2D eigenvalue weighted by Gasteiger charge is -2.26. The zero-order valence-corrected chi connectivity index (χ0v) is 22.0. The summed E-state index contributed by atoms with van der Waals surface area (Å²) >= 11 is 12.1. The van der Waals surface area contributed by atoms with E-state index in [-0.39, 0.29) is 21.6 Å². The number of hydrogen-bond donors (Lipinski definition) is 3. The third-order valence-corrected chi connectivity index (χ3v) is 7.88. The molecule has 0 saturated carbocycles. The van der Waals surface area contributed by atoms with E-state index in [1.165, 1.54) is 30.3 Å². The molecular weight excluding hydrogens is 545 g/mol. The highest BCUT2D eigenvalue weighted by atomic mass is 35.5. The third kappa shape index (κ3) is 5.62. The number of sulfonamides is 1. The highest BCUT2D eigenvalue weighted by molar-refractivity contribution is 7.92. The summed E-state index contributed by atoms with van der Waals surface area (Å²) in [4.78, 5) is 12.8. The molecular formula is C28H21Cl2N3O4S. The largest absolute Gasteiger partial charge is 0.481 e. The lowest BCUT2D eigenvalue weighted by atomic mass is 10.0. The average Bonchev–Trinajstić information content (AvgIpc) is 2.93. The molecule has 0 saturated heterocycles. The van der Waals surface area contributed by atoms with Crippen molar-refractivity contribution in [3.05, 3.63) is 130 Å². The van der Waals surface area contributed by atoms with E-state index in [9.17, 15) is 13.2 Å². The summed E-state index contributed by atoms with van der Waals surface area (Å²) in [5, 5.41) is 0.442. The van der Waals surface area contributed by atoms with E-state index in [0.717, 1.165) is 11.1 Å². The van der Waals surface area contributed by atoms with Gasteiger partial charge in [-0.3, -0.25) is 20.4 Å². The molecule has 0 radical (unpaired) electrons. The van der Waals surface area contributed by atoms with Crippen LogP contribution in [0.1, 0.15) is 27.6 Å². The Balaban J connectivity index is 1.36. The summed E-state index contributed by atoms with van der Waals surface area (Å²) in [6, 6.07) is 27.3. The van der Waals surface area contributed by atoms with Crippen molar-refractivity contribution in [2.75, 3.05) is 4.72 Å². The predicted octanol–water partition coefficient (Wildman–Crippen LogP) is 6.20. The van der Waals surface area contributed by atoms with Crippen LogP contribution >= 0.6 is 23.2 Å². The molecule has 1 atom stereocenters. The summed E-state index contributed by atoms with van der Waals surface area (Å²) in [5.41, 5.74) is 8.38. The second kappa shape index (κ2) is 10.8. The van der Waals surface area contributed by atoms with E-state index in [1.807, 2.05) is 60.7 Å². The summed E-state index contributed by atoms with van der Waals surface area (Å²) in [7, 11) is -4.08. The molecule has 5 rings (SSSR count). The number of amides is 1. The molecule has 38 heavy (non-hydrogen) atoms. The fourth-order valence-corrected chi connectivity index (χ4v) is 5.61. The Bertz CT molecular complexity index is 1630. The monoisotopic (exact) mass is 565 g/mol. The summed E-state index contributed by atoms with van der Waals surface area (Å²) < 4.78 is 34.6. The Hall–Kier alpha value is -3.98. The van der Waals surface area contributed by atoms with Crippen molar-refractivity contribution in [3.8, 4) is 5.75 Å². The topological polar surface area (TPSA) is 96.5 Å². The van der Waals surface area contributed by atoms with Gasteiger partial charge in [-0.15, -0.1) is 0 Å². The maximum absolute atomic E-state index is 13.0. The van der Waals surface area contributed by atoms with Crippen molar-refractivity contribution < 1.29 is 17.9 Å². The summed E-state index contributed by atoms with van der Waals surface area (Å²) in [6.45, 7) is 0. The Labute approximate surface area is 230 Å². The van der Waals surface area contributed by atoms with Gasteiger partial charge in [-0.2, -0.15) is 0 Å². The minimum atomic E-state index is -4.08. The van der Waals surface area contributed by atoms with Crippen molar-refractivity contribution in [3.63, 3.8) is 0 Å². The van der Waals surface area contributed by atoms with Crippen molar-refractivity contribution in [2.45, 2.75) is 11.0 Å². The highest BCUT2D eigenvalue weighted by Gasteiger charge is 2.23.